The zero-order chi connectivity index (χ0) is 24.0. The maximum atomic E-state index is 13.6. The molecule has 0 radical (unpaired) electrons. The number of nitrogens with zero attached hydrogens (tertiary/aromatic N) is 1. The van der Waals surface area contributed by atoms with Crippen LogP contribution in [0, 0.1) is 0 Å². The number of Topliss-reactive ketones (excluding diaryl/α,β-unsaturated/α-hetero) is 1. The maximum Gasteiger partial charge on any atom is 0.289 e. The lowest BCUT2D eigenvalue weighted by Crippen LogP contribution is -2.55. The molecule has 1 aliphatic rings. The molecular weight excluding hydrogens is 465 g/mol. The normalized spacial score (nSPS) is 16.1. The summed E-state index contributed by atoms with van der Waals surface area (Å²) < 4.78 is 0. The van der Waals surface area contributed by atoms with E-state index < -0.39 is 29.7 Å². The van der Waals surface area contributed by atoms with E-state index in [1.165, 1.54) is 4.90 Å². The van der Waals surface area contributed by atoms with E-state index in [0.29, 0.717) is 22.0 Å². The van der Waals surface area contributed by atoms with Gasteiger partial charge in [0.25, 0.3) is 5.91 Å². The Hall–Kier alpha value is -2.90. The van der Waals surface area contributed by atoms with Crippen molar-refractivity contribution >= 4 is 46.7 Å². The molecule has 2 aromatic carbocycles. The van der Waals surface area contributed by atoms with Gasteiger partial charge in [0.1, 0.15) is 12.1 Å². The molecule has 0 spiro atoms. The Kier molecular flexibility index (Phi) is 8.47. The number of rotatable bonds is 9. The second kappa shape index (κ2) is 11.3. The molecule has 0 saturated carbocycles. The third kappa shape index (κ3) is 6.12. The SMILES string of the molecule is CCNC(=O)C(=O)C(Cc1ccccc1)N(Cc1c(Cl)cccc1Cl)C(=O)C1CCC(=O)N1. The molecule has 0 bridgehead atoms. The van der Waals surface area contributed by atoms with E-state index in [4.69, 9.17) is 23.2 Å². The molecule has 3 amide bonds. The van der Waals surface area contributed by atoms with E-state index in [9.17, 15) is 19.2 Å². The van der Waals surface area contributed by atoms with Gasteiger partial charge in [0.15, 0.2) is 0 Å². The van der Waals surface area contributed by atoms with Crippen molar-refractivity contribution in [3.8, 4) is 0 Å². The number of amides is 3. The van der Waals surface area contributed by atoms with E-state index in [1.54, 1.807) is 25.1 Å². The third-order valence-corrected chi connectivity index (χ3v) is 6.19. The zero-order valence-corrected chi connectivity index (χ0v) is 19.7. The molecule has 33 heavy (non-hydrogen) atoms. The number of carbonyl (C=O) groups excluding carboxylic acids is 4. The van der Waals surface area contributed by atoms with Gasteiger partial charge in [0.05, 0.1) is 0 Å². The van der Waals surface area contributed by atoms with Crippen molar-refractivity contribution in [1.29, 1.82) is 0 Å². The number of ketones is 1. The number of hydrogen-bond acceptors (Lipinski definition) is 4. The van der Waals surface area contributed by atoms with Crippen LogP contribution in [-0.2, 0) is 32.1 Å². The van der Waals surface area contributed by atoms with Crippen LogP contribution in [0.3, 0.4) is 0 Å². The fourth-order valence-electron chi connectivity index (χ4n) is 3.78. The average molecular weight is 490 g/mol. The summed E-state index contributed by atoms with van der Waals surface area (Å²) in [7, 11) is 0. The first-order valence-corrected chi connectivity index (χ1v) is 11.5. The Morgan fingerprint density at radius 1 is 1.09 bits per heavy atom. The summed E-state index contributed by atoms with van der Waals surface area (Å²) in [5, 5.41) is 5.84. The minimum atomic E-state index is -1.11. The monoisotopic (exact) mass is 489 g/mol. The Balaban J connectivity index is 2.04. The Bertz CT molecular complexity index is 1030. The molecule has 9 heteroatoms. The summed E-state index contributed by atoms with van der Waals surface area (Å²) in [4.78, 5) is 52.5. The molecule has 0 aromatic heterocycles. The fourth-order valence-corrected chi connectivity index (χ4v) is 4.29. The summed E-state index contributed by atoms with van der Waals surface area (Å²) in [5.41, 5.74) is 1.24. The minimum Gasteiger partial charge on any atom is -0.350 e. The van der Waals surface area contributed by atoms with E-state index in [1.807, 2.05) is 30.3 Å². The second-order valence-electron chi connectivity index (χ2n) is 7.75. The minimum absolute atomic E-state index is 0.0909. The molecule has 1 fully saturated rings. The van der Waals surface area contributed by atoms with Gasteiger partial charge >= 0.3 is 0 Å². The van der Waals surface area contributed by atoms with Gasteiger partial charge in [-0.25, -0.2) is 0 Å². The molecule has 2 aromatic rings. The third-order valence-electron chi connectivity index (χ3n) is 5.48. The highest BCUT2D eigenvalue weighted by Gasteiger charge is 2.39. The van der Waals surface area contributed by atoms with E-state index in [2.05, 4.69) is 10.6 Å². The van der Waals surface area contributed by atoms with Crippen LogP contribution in [0.15, 0.2) is 48.5 Å². The van der Waals surface area contributed by atoms with Crippen LogP contribution >= 0.6 is 23.2 Å². The molecule has 2 unspecified atom stereocenters. The summed E-state index contributed by atoms with van der Waals surface area (Å²) >= 11 is 12.7. The Morgan fingerprint density at radius 3 is 2.33 bits per heavy atom. The van der Waals surface area contributed by atoms with Gasteiger partial charge in [-0.15, -0.1) is 0 Å². The van der Waals surface area contributed by atoms with E-state index in [0.717, 1.165) is 5.56 Å². The van der Waals surface area contributed by atoms with Crippen LogP contribution in [0.1, 0.15) is 30.9 Å². The van der Waals surface area contributed by atoms with Gasteiger partial charge in [-0.3, -0.25) is 19.2 Å². The molecule has 174 valence electrons. The fraction of sp³-hybridized carbons (Fsp3) is 0.333. The summed E-state index contributed by atoms with van der Waals surface area (Å²) in [6.07, 6.45) is 0.633. The first-order chi connectivity index (χ1) is 15.8. The van der Waals surface area contributed by atoms with Gasteiger partial charge < -0.3 is 15.5 Å². The molecule has 1 saturated heterocycles. The zero-order valence-electron chi connectivity index (χ0n) is 18.1. The van der Waals surface area contributed by atoms with Crippen molar-refractivity contribution < 1.29 is 19.2 Å². The Morgan fingerprint density at radius 2 is 1.76 bits per heavy atom. The average Bonchev–Trinajstić information content (AvgIpc) is 3.24. The lowest BCUT2D eigenvalue weighted by molar-refractivity contribution is -0.147. The van der Waals surface area contributed by atoms with Crippen LogP contribution in [0.25, 0.3) is 0 Å². The standard InChI is InChI=1S/C24H25Cl2N3O4/c1-2-27-23(32)22(31)20(13-15-7-4-3-5-8-15)29(24(33)19-11-12-21(30)28-19)14-16-17(25)9-6-10-18(16)26/h3-10,19-20H,2,11-14H2,1H3,(H,27,32)(H,28,30). The smallest absolute Gasteiger partial charge is 0.289 e. The first-order valence-electron chi connectivity index (χ1n) is 10.7. The van der Waals surface area contributed by atoms with Crippen LogP contribution in [0.5, 0.6) is 0 Å². The quantitative estimate of drug-likeness (QED) is 0.529. The van der Waals surface area contributed by atoms with Gasteiger partial charge in [0, 0.05) is 41.5 Å². The highest BCUT2D eigenvalue weighted by atomic mass is 35.5. The predicted molar refractivity (Wildman–Crippen MR) is 126 cm³/mol. The van der Waals surface area contributed by atoms with E-state index in [-0.39, 0.29) is 31.8 Å². The number of carbonyl (C=O) groups is 4. The highest BCUT2D eigenvalue weighted by Crippen LogP contribution is 2.28. The number of hydrogen-bond donors (Lipinski definition) is 2. The highest BCUT2D eigenvalue weighted by molar-refractivity contribution is 6.38. The van der Waals surface area contributed by atoms with Crippen molar-refractivity contribution in [1.82, 2.24) is 15.5 Å². The van der Waals surface area contributed by atoms with Crippen molar-refractivity contribution in [2.24, 2.45) is 0 Å². The number of halogens is 2. The molecular formula is C24H25Cl2N3O4. The van der Waals surface area contributed by atoms with Crippen molar-refractivity contribution in [3.05, 3.63) is 69.7 Å². The van der Waals surface area contributed by atoms with Crippen LogP contribution in [-0.4, -0.2) is 47.0 Å². The summed E-state index contributed by atoms with van der Waals surface area (Å²) in [5.74, 6) is -2.23. The first kappa shape index (κ1) is 24.7. The largest absolute Gasteiger partial charge is 0.350 e. The van der Waals surface area contributed by atoms with Gasteiger partial charge in [-0.2, -0.15) is 0 Å². The number of benzene rings is 2. The molecule has 1 heterocycles. The molecule has 3 rings (SSSR count). The van der Waals surface area contributed by atoms with E-state index >= 15 is 0 Å². The molecule has 1 aliphatic heterocycles. The predicted octanol–water partition coefficient (Wildman–Crippen LogP) is 2.92. The molecule has 2 atom stereocenters. The van der Waals surface area contributed by atoms with Gasteiger partial charge in [0.2, 0.25) is 17.6 Å². The number of nitrogens with one attached hydrogen (secondary N) is 2. The lowest BCUT2D eigenvalue weighted by atomic mass is 9.98. The molecule has 2 N–H and O–H groups in total. The second-order valence-corrected chi connectivity index (χ2v) is 8.57. The van der Waals surface area contributed by atoms with Crippen LogP contribution in [0.2, 0.25) is 10.0 Å². The summed E-state index contributed by atoms with van der Waals surface area (Å²) in [6, 6.07) is 12.2. The summed E-state index contributed by atoms with van der Waals surface area (Å²) in [6.45, 7) is 1.88. The van der Waals surface area contributed by atoms with Gasteiger partial charge in [-0.05, 0) is 31.0 Å². The van der Waals surface area contributed by atoms with Crippen LogP contribution < -0.4 is 10.6 Å². The number of likely N-dealkylation sites (N-methyl/N-ethyl adjacent to an activating group) is 1. The Labute approximate surface area is 202 Å². The lowest BCUT2D eigenvalue weighted by Gasteiger charge is -2.33. The molecule has 0 aliphatic carbocycles. The van der Waals surface area contributed by atoms with Crippen molar-refractivity contribution in [2.75, 3.05) is 6.54 Å². The van der Waals surface area contributed by atoms with Crippen molar-refractivity contribution in [2.45, 2.75) is 44.8 Å². The van der Waals surface area contributed by atoms with Crippen LogP contribution in [0.4, 0.5) is 0 Å². The van der Waals surface area contributed by atoms with Crippen molar-refractivity contribution in [3.63, 3.8) is 0 Å². The maximum absolute atomic E-state index is 13.6. The molecule has 7 nitrogen and oxygen atoms in total. The topological polar surface area (TPSA) is 95.6 Å². The van der Waals surface area contributed by atoms with Gasteiger partial charge in [-0.1, -0.05) is 59.6 Å².